The van der Waals surface area contributed by atoms with Crippen LogP contribution in [0.5, 0.6) is 5.75 Å². The van der Waals surface area contributed by atoms with E-state index in [-0.39, 0.29) is 41.6 Å². The van der Waals surface area contributed by atoms with Crippen molar-refractivity contribution >= 4 is 11.8 Å². The predicted octanol–water partition coefficient (Wildman–Crippen LogP) is 3.72. The molecule has 0 saturated carbocycles. The number of carbonyl (C=O) groups is 2. The summed E-state index contributed by atoms with van der Waals surface area (Å²) in [5, 5.41) is 2.35. The average Bonchev–Trinajstić information content (AvgIpc) is 3.73. The summed E-state index contributed by atoms with van der Waals surface area (Å²) in [6.45, 7) is 2.10. The molecule has 3 aliphatic heterocycles. The Hall–Kier alpha value is -4.12. The van der Waals surface area contributed by atoms with E-state index in [2.05, 4.69) is 5.32 Å². The Morgan fingerprint density at radius 1 is 1.15 bits per heavy atom. The van der Waals surface area contributed by atoms with Crippen molar-refractivity contribution in [2.45, 2.75) is 50.6 Å². The highest BCUT2D eigenvalue weighted by atomic mass is 19.1. The first-order valence-corrected chi connectivity index (χ1v) is 13.0. The molecule has 3 aliphatic rings. The number of aromatic nitrogens is 1. The Bertz CT molecular complexity index is 1550. The second kappa shape index (κ2) is 9.81. The highest BCUT2D eigenvalue weighted by Crippen LogP contribution is 2.49. The lowest BCUT2D eigenvalue weighted by Gasteiger charge is -2.38. The fourth-order valence-electron chi connectivity index (χ4n) is 5.59. The number of ether oxygens (including phenoxy) is 2. The highest BCUT2D eigenvalue weighted by molar-refractivity contribution is 5.99. The van der Waals surface area contributed by atoms with Crippen LogP contribution in [-0.2, 0) is 17.9 Å². The quantitative estimate of drug-likeness (QED) is 0.470. The molecule has 2 amide bonds. The van der Waals surface area contributed by atoms with Gasteiger partial charge < -0.3 is 24.3 Å². The summed E-state index contributed by atoms with van der Waals surface area (Å²) >= 11 is 0. The van der Waals surface area contributed by atoms with Gasteiger partial charge in [0, 0.05) is 43.0 Å². The van der Waals surface area contributed by atoms with Crippen LogP contribution in [0.3, 0.4) is 0 Å². The Kier molecular flexibility index (Phi) is 6.41. The third-order valence-corrected chi connectivity index (χ3v) is 8.00. The average molecular weight is 554 g/mol. The first-order valence-electron chi connectivity index (χ1n) is 13.0. The lowest BCUT2D eigenvalue weighted by Crippen LogP contribution is -2.50. The molecule has 11 heteroatoms. The molecular weight excluding hydrogens is 527 g/mol. The third-order valence-electron chi connectivity index (χ3n) is 8.00. The van der Waals surface area contributed by atoms with Crippen molar-refractivity contribution < 1.29 is 32.2 Å². The van der Waals surface area contributed by atoms with Crippen LogP contribution in [0.2, 0.25) is 0 Å². The van der Waals surface area contributed by atoms with Crippen molar-refractivity contribution in [1.82, 2.24) is 14.8 Å². The largest absolute Gasteiger partial charge is 0.483 e. The fourth-order valence-corrected chi connectivity index (χ4v) is 5.59. The second-order valence-corrected chi connectivity index (χ2v) is 10.5. The van der Waals surface area contributed by atoms with Gasteiger partial charge in [-0.15, -0.1) is 0 Å². The maximum absolute atomic E-state index is 14.2. The summed E-state index contributed by atoms with van der Waals surface area (Å²) in [6, 6.07) is 9.59. The molecule has 1 aromatic heterocycles. The number of carbonyl (C=O) groups excluding carboxylic acids is 2. The normalized spacial score (nSPS) is 23.0. The first kappa shape index (κ1) is 26.1. The van der Waals surface area contributed by atoms with Crippen LogP contribution in [0, 0.1) is 17.5 Å². The minimum Gasteiger partial charge on any atom is -0.483 e. The molecule has 208 valence electrons. The Labute approximate surface area is 227 Å². The lowest BCUT2D eigenvalue weighted by molar-refractivity contribution is 0.0570. The Morgan fingerprint density at radius 3 is 2.52 bits per heavy atom. The van der Waals surface area contributed by atoms with Crippen LogP contribution in [0.4, 0.5) is 13.2 Å². The van der Waals surface area contributed by atoms with E-state index in [4.69, 9.17) is 9.47 Å². The summed E-state index contributed by atoms with van der Waals surface area (Å²) < 4.78 is 55.1. The Balaban J connectivity index is 1.42. The molecule has 0 unspecified atom stereocenters. The molecule has 0 aliphatic carbocycles. The summed E-state index contributed by atoms with van der Waals surface area (Å²) in [6.07, 6.45) is 2.71. The second-order valence-electron chi connectivity index (χ2n) is 10.5. The number of nitrogens with one attached hydrogen (secondary N) is 1. The van der Waals surface area contributed by atoms with Crippen molar-refractivity contribution in [3.05, 3.63) is 98.7 Å². The smallest absolute Gasteiger partial charge is 0.274 e. The molecule has 2 saturated heterocycles. The van der Waals surface area contributed by atoms with Crippen molar-refractivity contribution in [2.24, 2.45) is 0 Å². The summed E-state index contributed by atoms with van der Waals surface area (Å²) in [5.41, 5.74) is -1.50. The van der Waals surface area contributed by atoms with Crippen molar-refractivity contribution in [1.29, 1.82) is 0 Å². The fraction of sp³-hybridized carbons (Fsp3) is 0.345. The number of epoxide rings is 1. The van der Waals surface area contributed by atoms with E-state index in [0.29, 0.717) is 38.1 Å². The van der Waals surface area contributed by atoms with Gasteiger partial charge >= 0.3 is 0 Å². The number of benzene rings is 2. The SMILES string of the molecule is C[C@H]1CC[C@]2(CO2)[C@H]2CN1C(=O)c1c(OCc3ccccc3)c(=O)c(C(=O)NCc3c(F)cc(F)cc3F)cn12. The van der Waals surface area contributed by atoms with Gasteiger partial charge in [0.15, 0.2) is 11.4 Å². The molecular formula is C29H26F3N3O5. The van der Waals surface area contributed by atoms with Gasteiger partial charge in [0.2, 0.25) is 5.43 Å². The minimum atomic E-state index is -1.17. The third kappa shape index (κ3) is 4.43. The number of halogens is 3. The van der Waals surface area contributed by atoms with Crippen LogP contribution in [0.25, 0.3) is 0 Å². The molecule has 3 aromatic rings. The number of nitrogens with zero attached hydrogens (tertiary/aromatic N) is 2. The van der Waals surface area contributed by atoms with Gasteiger partial charge in [-0.2, -0.15) is 0 Å². The number of hydrogen-bond acceptors (Lipinski definition) is 5. The molecule has 2 aromatic carbocycles. The molecule has 2 bridgehead atoms. The molecule has 3 atom stereocenters. The molecule has 2 fully saturated rings. The van der Waals surface area contributed by atoms with Crippen LogP contribution in [0.15, 0.2) is 53.5 Å². The number of rotatable bonds is 6. The van der Waals surface area contributed by atoms with Crippen LogP contribution >= 0.6 is 0 Å². The van der Waals surface area contributed by atoms with E-state index >= 15 is 0 Å². The minimum absolute atomic E-state index is 0.0324. The van der Waals surface area contributed by atoms with E-state index in [0.717, 1.165) is 5.56 Å². The van der Waals surface area contributed by atoms with E-state index in [1.807, 2.05) is 13.0 Å². The van der Waals surface area contributed by atoms with E-state index in [9.17, 15) is 27.6 Å². The summed E-state index contributed by atoms with van der Waals surface area (Å²) in [5.74, 6) is -5.01. The van der Waals surface area contributed by atoms with Gasteiger partial charge in [0.25, 0.3) is 11.8 Å². The van der Waals surface area contributed by atoms with E-state index < -0.39 is 46.5 Å². The van der Waals surface area contributed by atoms with Gasteiger partial charge in [-0.1, -0.05) is 30.3 Å². The molecule has 0 radical (unpaired) electrons. The monoisotopic (exact) mass is 553 g/mol. The molecule has 1 N–H and O–H groups in total. The number of amides is 2. The zero-order valence-electron chi connectivity index (χ0n) is 21.6. The van der Waals surface area contributed by atoms with Gasteiger partial charge in [-0.3, -0.25) is 14.4 Å². The molecule has 40 heavy (non-hydrogen) atoms. The standard InChI is InChI=1S/C29H26F3N3O5/c1-16-7-8-29(15-40-29)23-13-34(16)28(38)24-26(39-14-17-5-3-2-4-6-17)25(36)20(12-35(23)24)27(37)33-11-19-21(31)9-18(30)10-22(19)32/h2-6,9-10,12,16,23H,7-8,11,13-15H2,1H3,(H,33,37)/t16-,23+,29-/m0/s1. The van der Waals surface area contributed by atoms with E-state index in [1.54, 1.807) is 33.7 Å². The Morgan fingerprint density at radius 2 is 1.85 bits per heavy atom. The van der Waals surface area contributed by atoms with E-state index in [1.165, 1.54) is 6.20 Å². The van der Waals surface area contributed by atoms with Crippen LogP contribution in [0.1, 0.15) is 57.8 Å². The van der Waals surface area contributed by atoms with Gasteiger partial charge in [-0.05, 0) is 25.3 Å². The first-order chi connectivity index (χ1) is 19.2. The maximum atomic E-state index is 14.2. The number of fused-ring (bicyclic) bond motifs is 5. The summed E-state index contributed by atoms with van der Waals surface area (Å²) in [7, 11) is 0. The lowest BCUT2D eigenvalue weighted by atomic mass is 9.94. The van der Waals surface area contributed by atoms with Crippen LogP contribution in [-0.4, -0.2) is 46.1 Å². The molecule has 1 spiro atoms. The molecule has 6 rings (SSSR count). The van der Waals surface area contributed by atoms with Crippen LogP contribution < -0.4 is 15.5 Å². The number of pyridine rings is 1. The van der Waals surface area contributed by atoms with Crippen molar-refractivity contribution in [3.8, 4) is 5.75 Å². The molecule has 4 heterocycles. The number of hydrogen-bond donors (Lipinski definition) is 1. The summed E-state index contributed by atoms with van der Waals surface area (Å²) in [4.78, 5) is 42.4. The topological polar surface area (TPSA) is 93.2 Å². The maximum Gasteiger partial charge on any atom is 0.274 e. The molecule has 8 nitrogen and oxygen atoms in total. The predicted molar refractivity (Wildman–Crippen MR) is 136 cm³/mol. The van der Waals surface area contributed by atoms with Crippen molar-refractivity contribution in [2.75, 3.05) is 13.2 Å². The van der Waals surface area contributed by atoms with Crippen molar-refractivity contribution in [3.63, 3.8) is 0 Å². The van der Waals surface area contributed by atoms with Gasteiger partial charge in [0.05, 0.1) is 12.6 Å². The zero-order chi connectivity index (χ0) is 28.2. The zero-order valence-corrected chi connectivity index (χ0v) is 21.6. The van der Waals surface area contributed by atoms with Gasteiger partial charge in [-0.25, -0.2) is 13.2 Å². The van der Waals surface area contributed by atoms with Gasteiger partial charge in [0.1, 0.15) is 35.2 Å². The highest BCUT2D eigenvalue weighted by Gasteiger charge is 2.57.